The quantitative estimate of drug-likeness (QED) is 0.744. The van der Waals surface area contributed by atoms with Crippen molar-refractivity contribution in [2.24, 2.45) is 0 Å². The van der Waals surface area contributed by atoms with Crippen molar-refractivity contribution in [2.75, 3.05) is 5.32 Å². The monoisotopic (exact) mass is 369 g/mol. The average Bonchev–Trinajstić information content (AvgIpc) is 3.03. The van der Waals surface area contributed by atoms with Gasteiger partial charge in [-0.25, -0.2) is 4.68 Å². The maximum atomic E-state index is 4.17. The molecule has 6 heteroatoms. The molecule has 1 aliphatic heterocycles. The highest BCUT2D eigenvalue weighted by molar-refractivity contribution is 9.10. The van der Waals surface area contributed by atoms with E-state index < -0.39 is 0 Å². The van der Waals surface area contributed by atoms with Crippen LogP contribution in [0.3, 0.4) is 0 Å². The summed E-state index contributed by atoms with van der Waals surface area (Å²) >= 11 is 3.49. The van der Waals surface area contributed by atoms with Gasteiger partial charge >= 0.3 is 0 Å². The van der Waals surface area contributed by atoms with Gasteiger partial charge in [0.1, 0.15) is 0 Å². The number of aryl methyl sites for hydroxylation is 1. The number of hydrogen-bond donors (Lipinski definition) is 1. The van der Waals surface area contributed by atoms with Crippen LogP contribution in [0.2, 0.25) is 0 Å². The predicted molar refractivity (Wildman–Crippen MR) is 92.3 cm³/mol. The largest absolute Gasteiger partial charge is 0.346 e. The Bertz CT molecular complexity index is 827. The van der Waals surface area contributed by atoms with Crippen molar-refractivity contribution in [2.45, 2.75) is 25.4 Å². The van der Waals surface area contributed by atoms with Gasteiger partial charge in [0.15, 0.2) is 0 Å². The molecule has 0 aliphatic carbocycles. The Labute approximate surface area is 142 Å². The summed E-state index contributed by atoms with van der Waals surface area (Å²) in [4.78, 5) is 0. The molecule has 0 saturated heterocycles. The molecular formula is C17H16BrN5. The molecule has 116 valence electrons. The number of anilines is 1. The van der Waals surface area contributed by atoms with Crippen LogP contribution in [0.25, 0.3) is 0 Å². The van der Waals surface area contributed by atoms with Gasteiger partial charge in [0, 0.05) is 4.47 Å². The van der Waals surface area contributed by atoms with E-state index in [1.807, 2.05) is 4.68 Å². The highest BCUT2D eigenvalue weighted by Gasteiger charge is 2.30. The molecule has 0 saturated carbocycles. The van der Waals surface area contributed by atoms with Crippen LogP contribution in [-0.2, 0) is 0 Å². The van der Waals surface area contributed by atoms with E-state index in [9.17, 15) is 0 Å². The van der Waals surface area contributed by atoms with Crippen molar-refractivity contribution in [1.82, 2.24) is 20.2 Å². The molecule has 0 amide bonds. The maximum Gasteiger partial charge on any atom is 0.243 e. The first-order chi connectivity index (χ1) is 11.2. The Morgan fingerprint density at radius 3 is 2.74 bits per heavy atom. The number of aromatic nitrogens is 4. The minimum Gasteiger partial charge on any atom is -0.346 e. The van der Waals surface area contributed by atoms with E-state index in [0.717, 1.165) is 16.8 Å². The normalized spacial score (nSPS) is 19.9. The molecular weight excluding hydrogens is 354 g/mol. The molecule has 2 aromatic carbocycles. The first kappa shape index (κ1) is 14.4. The third kappa shape index (κ3) is 2.74. The van der Waals surface area contributed by atoms with Gasteiger partial charge in [-0.1, -0.05) is 63.0 Å². The number of nitrogens with zero attached hydrogens (tertiary/aromatic N) is 4. The minimum atomic E-state index is 0.134. The molecule has 1 aliphatic rings. The van der Waals surface area contributed by atoms with Crippen LogP contribution in [0.1, 0.15) is 35.2 Å². The van der Waals surface area contributed by atoms with Crippen molar-refractivity contribution < 1.29 is 0 Å². The van der Waals surface area contributed by atoms with Gasteiger partial charge in [0.25, 0.3) is 0 Å². The molecule has 0 fully saturated rings. The fraction of sp³-hybridized carbons (Fsp3) is 0.235. The van der Waals surface area contributed by atoms with E-state index in [0.29, 0.717) is 0 Å². The summed E-state index contributed by atoms with van der Waals surface area (Å²) in [5.74, 6) is 0.718. The lowest BCUT2D eigenvalue weighted by Gasteiger charge is -2.31. The van der Waals surface area contributed by atoms with Crippen molar-refractivity contribution in [3.63, 3.8) is 0 Å². The number of fused-ring (bicyclic) bond motifs is 1. The highest BCUT2D eigenvalue weighted by atomic mass is 79.9. The number of nitrogens with one attached hydrogen (secondary N) is 1. The topological polar surface area (TPSA) is 55.6 Å². The summed E-state index contributed by atoms with van der Waals surface area (Å²) < 4.78 is 2.96. The Morgan fingerprint density at radius 1 is 1.13 bits per heavy atom. The molecule has 0 radical (unpaired) electrons. The van der Waals surface area contributed by atoms with E-state index in [2.05, 4.69) is 92.2 Å². The second kappa shape index (κ2) is 5.77. The zero-order valence-electron chi connectivity index (χ0n) is 12.6. The first-order valence-corrected chi connectivity index (χ1v) is 8.36. The Hall–Kier alpha value is -2.21. The second-order valence-corrected chi connectivity index (χ2v) is 6.78. The van der Waals surface area contributed by atoms with Crippen molar-refractivity contribution in [1.29, 1.82) is 0 Å². The molecule has 4 rings (SSSR count). The van der Waals surface area contributed by atoms with Crippen LogP contribution in [0.15, 0.2) is 53.0 Å². The minimum absolute atomic E-state index is 0.134. The van der Waals surface area contributed by atoms with Gasteiger partial charge in [-0.15, -0.1) is 0 Å². The predicted octanol–water partition coefficient (Wildman–Crippen LogP) is 3.89. The van der Waals surface area contributed by atoms with E-state index in [4.69, 9.17) is 0 Å². The van der Waals surface area contributed by atoms with Gasteiger partial charge < -0.3 is 5.32 Å². The van der Waals surface area contributed by atoms with Gasteiger partial charge in [0.05, 0.1) is 12.1 Å². The zero-order chi connectivity index (χ0) is 15.8. The third-order valence-electron chi connectivity index (χ3n) is 4.25. The standard InChI is InChI=1S/C17H16BrN5/c1-11-3-2-4-13(9-11)16-10-15(12-5-7-14(18)8-6-12)19-17-20-21-22-23(16)17/h2-9,15-16H,10H2,1H3,(H,19,20,22)/t15-,16-/m0/s1. The van der Waals surface area contributed by atoms with Gasteiger partial charge in [0.2, 0.25) is 5.95 Å². The Morgan fingerprint density at radius 2 is 1.96 bits per heavy atom. The lowest BCUT2D eigenvalue weighted by atomic mass is 9.93. The molecule has 1 aromatic heterocycles. The molecule has 0 unspecified atom stereocenters. The average molecular weight is 370 g/mol. The SMILES string of the molecule is Cc1cccc([C@@H]2C[C@@H](c3ccc(Br)cc3)Nc3nnnn32)c1. The molecule has 2 atom stereocenters. The van der Waals surface area contributed by atoms with Crippen molar-refractivity contribution in [3.05, 3.63) is 69.7 Å². The highest BCUT2D eigenvalue weighted by Crippen LogP contribution is 2.37. The first-order valence-electron chi connectivity index (χ1n) is 7.57. The summed E-state index contributed by atoms with van der Waals surface area (Å²) in [6, 6.07) is 17.3. The number of rotatable bonds is 2. The van der Waals surface area contributed by atoms with Gasteiger partial charge in [-0.3, -0.25) is 0 Å². The van der Waals surface area contributed by atoms with Gasteiger partial charge in [-0.2, -0.15) is 0 Å². The summed E-state index contributed by atoms with van der Waals surface area (Å²) in [6.45, 7) is 2.11. The molecule has 2 heterocycles. The molecule has 3 aromatic rings. The van der Waals surface area contributed by atoms with Crippen LogP contribution in [0.4, 0.5) is 5.95 Å². The number of hydrogen-bond acceptors (Lipinski definition) is 4. The third-order valence-corrected chi connectivity index (χ3v) is 4.78. The van der Waals surface area contributed by atoms with Crippen LogP contribution in [-0.4, -0.2) is 20.2 Å². The van der Waals surface area contributed by atoms with Crippen LogP contribution in [0, 0.1) is 6.92 Å². The van der Waals surface area contributed by atoms with Crippen LogP contribution < -0.4 is 5.32 Å². The zero-order valence-corrected chi connectivity index (χ0v) is 14.2. The van der Waals surface area contributed by atoms with Gasteiger partial charge in [-0.05, 0) is 47.0 Å². The Balaban J connectivity index is 1.73. The molecule has 1 N–H and O–H groups in total. The lowest BCUT2D eigenvalue weighted by molar-refractivity contribution is 0.423. The van der Waals surface area contributed by atoms with E-state index >= 15 is 0 Å². The molecule has 0 spiro atoms. The number of benzene rings is 2. The fourth-order valence-corrected chi connectivity index (χ4v) is 3.37. The fourth-order valence-electron chi connectivity index (χ4n) is 3.11. The maximum absolute atomic E-state index is 4.17. The van der Waals surface area contributed by atoms with Crippen LogP contribution >= 0.6 is 15.9 Å². The Kier molecular flexibility index (Phi) is 3.61. The molecule has 5 nitrogen and oxygen atoms in total. The van der Waals surface area contributed by atoms with Crippen LogP contribution in [0.5, 0.6) is 0 Å². The van der Waals surface area contributed by atoms with Crippen molar-refractivity contribution >= 4 is 21.9 Å². The second-order valence-electron chi connectivity index (χ2n) is 5.86. The van der Waals surface area contributed by atoms with E-state index in [-0.39, 0.29) is 12.1 Å². The summed E-state index contributed by atoms with van der Waals surface area (Å²) in [7, 11) is 0. The van der Waals surface area contributed by atoms with E-state index in [1.165, 1.54) is 16.7 Å². The summed E-state index contributed by atoms with van der Waals surface area (Å²) in [5.41, 5.74) is 3.72. The molecule has 23 heavy (non-hydrogen) atoms. The van der Waals surface area contributed by atoms with E-state index in [1.54, 1.807) is 0 Å². The smallest absolute Gasteiger partial charge is 0.243 e. The summed E-state index contributed by atoms with van der Waals surface area (Å²) in [6.07, 6.45) is 0.906. The van der Waals surface area contributed by atoms with Crippen molar-refractivity contribution in [3.8, 4) is 0 Å². The number of halogens is 1. The lowest BCUT2D eigenvalue weighted by Crippen LogP contribution is -2.28. The summed E-state index contributed by atoms with van der Waals surface area (Å²) in [5, 5.41) is 15.6. The number of tetrazole rings is 1. The molecule has 0 bridgehead atoms.